The molecule has 3 unspecified atom stereocenters. The molecule has 2 aliphatic heterocycles. The molecule has 1 aromatic rings. The van der Waals surface area contributed by atoms with Crippen LogP contribution in [0.25, 0.3) is 0 Å². The van der Waals surface area contributed by atoms with E-state index < -0.39 is 17.9 Å². The number of hydrogen-bond donors (Lipinski definition) is 1. The van der Waals surface area contributed by atoms with Gasteiger partial charge in [-0.25, -0.2) is 0 Å². The third kappa shape index (κ3) is 6.65. The molecule has 2 fully saturated rings. The number of allylic oxidation sites excluding steroid dienone is 4. The van der Waals surface area contributed by atoms with Crippen molar-refractivity contribution >= 4 is 11.8 Å². The fourth-order valence-electron chi connectivity index (χ4n) is 4.88. The van der Waals surface area contributed by atoms with Crippen LogP contribution in [0.3, 0.4) is 0 Å². The molecule has 2 heterocycles. The molecule has 1 N–H and O–H groups in total. The Morgan fingerprint density at radius 2 is 1.78 bits per heavy atom. The van der Waals surface area contributed by atoms with Crippen LogP contribution in [0.5, 0.6) is 0 Å². The number of halogens is 3. The van der Waals surface area contributed by atoms with E-state index in [9.17, 15) is 27.9 Å². The first-order chi connectivity index (χ1) is 17.1. The van der Waals surface area contributed by atoms with Gasteiger partial charge in [0.15, 0.2) is 0 Å². The fraction of sp³-hybridized carbons (Fsp3) is 0.500. The standard InChI is InChI=1S/C24H27F3N2O3.C2H6.C2H2/c1-16(24(25,26)27)6-4-5-10-23-12-17(23)13-28(15-23)14-18(30)9-11-29-21(31)19-7-2-3-8-20(19)22(29)32;2*1-2/h2-8,17-18,30H,9-15H2,1H3;1-2H3;1-2H/b5-4-,16-6+;;. The smallest absolute Gasteiger partial charge is 0.392 e. The number of piperidine rings is 1. The van der Waals surface area contributed by atoms with Gasteiger partial charge in [0.25, 0.3) is 11.8 Å². The first-order valence-electron chi connectivity index (χ1n) is 12.2. The Morgan fingerprint density at radius 1 is 1.19 bits per heavy atom. The van der Waals surface area contributed by atoms with Crippen LogP contribution in [0.4, 0.5) is 13.2 Å². The van der Waals surface area contributed by atoms with E-state index >= 15 is 0 Å². The van der Waals surface area contributed by atoms with Crippen molar-refractivity contribution in [2.24, 2.45) is 11.3 Å². The average molecular weight is 505 g/mol. The monoisotopic (exact) mass is 504 g/mol. The Bertz CT molecular complexity index is 980. The number of terminal acetylenes is 1. The molecule has 0 spiro atoms. The molecule has 36 heavy (non-hydrogen) atoms. The summed E-state index contributed by atoms with van der Waals surface area (Å²) in [6.45, 7) is 7.34. The molecule has 1 saturated heterocycles. The zero-order chi connectivity index (χ0) is 27.1. The molecule has 1 aliphatic carbocycles. The molecule has 0 bridgehead atoms. The number of aliphatic hydroxyl groups excluding tert-OH is 1. The quantitative estimate of drug-likeness (QED) is 0.305. The molecule has 8 heteroatoms. The molecule has 2 amide bonds. The first-order valence-corrected chi connectivity index (χ1v) is 12.2. The van der Waals surface area contributed by atoms with E-state index in [0.29, 0.717) is 30.0 Å². The number of amides is 2. The average Bonchev–Trinajstić information content (AvgIpc) is 3.32. The van der Waals surface area contributed by atoms with Gasteiger partial charge in [0, 0.05) is 31.8 Å². The number of imide groups is 1. The van der Waals surface area contributed by atoms with E-state index in [2.05, 4.69) is 17.7 Å². The second-order valence-corrected chi connectivity index (χ2v) is 9.19. The van der Waals surface area contributed by atoms with Crippen LogP contribution in [0.1, 0.15) is 60.7 Å². The number of fused-ring (bicyclic) bond motifs is 2. The topological polar surface area (TPSA) is 60.9 Å². The Morgan fingerprint density at radius 3 is 2.33 bits per heavy atom. The van der Waals surface area contributed by atoms with E-state index in [1.165, 1.54) is 11.0 Å². The molecular formula is C28H35F3N2O3. The molecule has 3 aliphatic rings. The zero-order valence-corrected chi connectivity index (χ0v) is 21.1. The molecule has 5 nitrogen and oxygen atoms in total. The van der Waals surface area contributed by atoms with E-state index in [0.717, 1.165) is 38.9 Å². The predicted octanol–water partition coefficient (Wildman–Crippen LogP) is 5.09. The third-order valence-electron chi connectivity index (χ3n) is 6.86. The molecule has 3 atom stereocenters. The molecular weight excluding hydrogens is 469 g/mol. The zero-order valence-electron chi connectivity index (χ0n) is 21.1. The summed E-state index contributed by atoms with van der Waals surface area (Å²) in [7, 11) is 0. The third-order valence-corrected chi connectivity index (χ3v) is 6.86. The number of likely N-dealkylation sites (tertiary alicyclic amines) is 1. The van der Waals surface area contributed by atoms with Gasteiger partial charge in [0.1, 0.15) is 0 Å². The normalized spacial score (nSPS) is 24.0. The van der Waals surface area contributed by atoms with Gasteiger partial charge < -0.3 is 5.11 Å². The van der Waals surface area contributed by atoms with Crippen LogP contribution >= 0.6 is 0 Å². The number of hydrogen-bond acceptors (Lipinski definition) is 4. The predicted molar refractivity (Wildman–Crippen MR) is 134 cm³/mol. The van der Waals surface area contributed by atoms with Crippen molar-refractivity contribution < 1.29 is 27.9 Å². The van der Waals surface area contributed by atoms with Crippen molar-refractivity contribution in [3.8, 4) is 12.8 Å². The lowest BCUT2D eigenvalue weighted by atomic mass is 10.0. The Balaban J connectivity index is 0.00000109. The lowest BCUT2D eigenvalue weighted by Crippen LogP contribution is -2.37. The lowest BCUT2D eigenvalue weighted by molar-refractivity contribution is -0.0913. The minimum atomic E-state index is -4.29. The Labute approximate surface area is 211 Å². The summed E-state index contributed by atoms with van der Waals surface area (Å²) in [6.07, 6.45) is 9.51. The van der Waals surface area contributed by atoms with Crippen molar-refractivity contribution in [2.45, 2.75) is 52.3 Å². The van der Waals surface area contributed by atoms with Gasteiger partial charge in [-0.15, -0.1) is 12.8 Å². The maximum atomic E-state index is 12.5. The van der Waals surface area contributed by atoms with Crippen LogP contribution in [0.2, 0.25) is 0 Å². The van der Waals surface area contributed by atoms with E-state index in [1.54, 1.807) is 30.3 Å². The maximum absolute atomic E-state index is 12.5. The molecule has 1 saturated carbocycles. The van der Waals surface area contributed by atoms with Crippen molar-refractivity contribution in [2.75, 3.05) is 26.2 Å². The number of benzene rings is 1. The van der Waals surface area contributed by atoms with Crippen LogP contribution in [0, 0.1) is 24.2 Å². The highest BCUT2D eigenvalue weighted by atomic mass is 19.4. The van der Waals surface area contributed by atoms with Crippen LogP contribution < -0.4 is 0 Å². The number of alkyl halides is 3. The lowest BCUT2D eigenvalue weighted by Gasteiger charge is -2.24. The summed E-state index contributed by atoms with van der Waals surface area (Å²) in [5, 5.41) is 10.5. The SMILES string of the molecule is C#C.C/C(=C\C=C/CC12CC1CN(CC(O)CCN1C(=O)c3ccccc3C1=O)C2)C(F)(F)F.CC. The second kappa shape index (κ2) is 12.4. The molecule has 196 valence electrons. The molecule has 4 rings (SSSR count). The highest BCUT2D eigenvalue weighted by Crippen LogP contribution is 2.60. The van der Waals surface area contributed by atoms with Gasteiger partial charge in [-0.1, -0.05) is 44.2 Å². The van der Waals surface area contributed by atoms with Gasteiger partial charge in [-0.2, -0.15) is 13.2 Å². The van der Waals surface area contributed by atoms with Crippen molar-refractivity contribution in [1.82, 2.24) is 9.80 Å². The number of carbonyl (C=O) groups is 2. The summed E-state index contributed by atoms with van der Waals surface area (Å²) in [5.74, 6) is -0.134. The van der Waals surface area contributed by atoms with Crippen molar-refractivity contribution in [3.05, 3.63) is 59.2 Å². The van der Waals surface area contributed by atoms with E-state index in [1.807, 2.05) is 13.8 Å². The van der Waals surface area contributed by atoms with Gasteiger partial charge in [0.05, 0.1) is 17.2 Å². The Kier molecular flexibility index (Phi) is 10.1. The molecule has 0 radical (unpaired) electrons. The fourth-order valence-corrected chi connectivity index (χ4v) is 4.88. The summed E-state index contributed by atoms with van der Waals surface area (Å²) in [4.78, 5) is 28.2. The number of aliphatic hydroxyl groups is 1. The number of carbonyl (C=O) groups excluding carboxylic acids is 2. The first kappa shape index (κ1) is 29.3. The van der Waals surface area contributed by atoms with Crippen LogP contribution in [0.15, 0.2) is 48.1 Å². The van der Waals surface area contributed by atoms with Gasteiger partial charge in [-0.05, 0) is 49.7 Å². The van der Waals surface area contributed by atoms with Crippen LogP contribution in [-0.4, -0.2) is 65.2 Å². The van der Waals surface area contributed by atoms with Crippen molar-refractivity contribution in [3.63, 3.8) is 0 Å². The highest BCUT2D eigenvalue weighted by Gasteiger charge is 2.58. The Hall–Kier alpha value is -2.89. The van der Waals surface area contributed by atoms with Gasteiger partial charge >= 0.3 is 6.18 Å². The number of rotatable bonds is 8. The number of β-amino-alcohol motifs (C(OH)–C–C–N with tert-alkyl or cyclic N) is 1. The van der Waals surface area contributed by atoms with E-state index in [-0.39, 0.29) is 23.8 Å². The minimum Gasteiger partial charge on any atom is -0.392 e. The maximum Gasteiger partial charge on any atom is 0.412 e. The summed E-state index contributed by atoms with van der Waals surface area (Å²) >= 11 is 0. The highest BCUT2D eigenvalue weighted by molar-refractivity contribution is 6.21. The minimum absolute atomic E-state index is 0.0960. The number of nitrogens with zero attached hydrogens (tertiary/aromatic N) is 2. The summed E-state index contributed by atoms with van der Waals surface area (Å²) < 4.78 is 37.6. The summed E-state index contributed by atoms with van der Waals surface area (Å²) in [5.41, 5.74) is 0.287. The summed E-state index contributed by atoms with van der Waals surface area (Å²) in [6, 6.07) is 6.72. The molecule has 0 aromatic heterocycles. The molecule has 1 aromatic carbocycles. The van der Waals surface area contributed by atoms with Gasteiger partial charge in [-0.3, -0.25) is 19.4 Å². The van der Waals surface area contributed by atoms with Crippen molar-refractivity contribution in [1.29, 1.82) is 0 Å². The van der Waals surface area contributed by atoms with Crippen LogP contribution in [-0.2, 0) is 0 Å². The second-order valence-electron chi connectivity index (χ2n) is 9.19. The van der Waals surface area contributed by atoms with E-state index in [4.69, 9.17) is 0 Å². The van der Waals surface area contributed by atoms with Gasteiger partial charge in [0.2, 0.25) is 0 Å². The largest absolute Gasteiger partial charge is 0.412 e.